The van der Waals surface area contributed by atoms with E-state index in [0.717, 1.165) is 6.07 Å². The second kappa shape index (κ2) is 18.7. The van der Waals surface area contributed by atoms with Crippen LogP contribution in [0.4, 0.5) is 18.0 Å². The van der Waals surface area contributed by atoms with Crippen LogP contribution < -0.4 is 31.3 Å². The number of nitrogens with one attached hydrogen (secondary N) is 5. The number of carbonyl (C=O) groups excluding carboxylic acids is 6. The lowest BCUT2D eigenvalue weighted by Crippen LogP contribution is -2.58. The molecule has 1 saturated heterocycles. The Morgan fingerprint density at radius 3 is 2.16 bits per heavy atom. The van der Waals surface area contributed by atoms with Crippen LogP contribution in [0.1, 0.15) is 58.2 Å². The quantitative estimate of drug-likeness (QED) is 0.153. The number of halogens is 3. The molecule has 51 heavy (non-hydrogen) atoms. The number of ether oxygens (including phenoxy) is 2. The van der Waals surface area contributed by atoms with Gasteiger partial charge in [-0.2, -0.15) is 0 Å². The first-order valence-corrected chi connectivity index (χ1v) is 16.4. The van der Waals surface area contributed by atoms with Gasteiger partial charge >= 0.3 is 12.5 Å². The molecule has 0 aliphatic carbocycles. The predicted octanol–water partition coefficient (Wildman–Crippen LogP) is 2.45. The fraction of sp³-hybridized carbons (Fsp3) is 0.500. The molecule has 5 amide bonds. The number of rotatable bonds is 17. The first kappa shape index (κ1) is 40.2. The molecular weight excluding hydrogens is 677 g/mol. The summed E-state index contributed by atoms with van der Waals surface area (Å²) >= 11 is 0. The molecule has 1 aromatic heterocycles. The van der Waals surface area contributed by atoms with E-state index in [1.165, 1.54) is 12.1 Å². The maximum Gasteiger partial charge on any atom is 0.574 e. The van der Waals surface area contributed by atoms with Crippen molar-refractivity contribution in [3.05, 3.63) is 59.8 Å². The molecule has 0 radical (unpaired) electrons. The van der Waals surface area contributed by atoms with Crippen LogP contribution in [0.15, 0.2) is 48.5 Å². The highest BCUT2D eigenvalue weighted by Crippen LogP contribution is 2.21. The average molecular weight is 721 g/mol. The van der Waals surface area contributed by atoms with Gasteiger partial charge in [0.05, 0.1) is 6.04 Å². The minimum absolute atomic E-state index is 0.0406. The highest BCUT2D eigenvalue weighted by atomic mass is 19.4. The maximum absolute atomic E-state index is 13.8. The molecule has 0 saturated carbocycles. The fourth-order valence-corrected chi connectivity index (χ4v) is 5.20. The van der Waals surface area contributed by atoms with Gasteiger partial charge in [-0.1, -0.05) is 50.2 Å². The van der Waals surface area contributed by atoms with Crippen LogP contribution in [0.3, 0.4) is 0 Å². The second-order valence-electron chi connectivity index (χ2n) is 12.7. The van der Waals surface area contributed by atoms with E-state index in [0.29, 0.717) is 18.5 Å². The SMILES string of the molecule is CC(C)C[C@H](NC(=O)[C@H](Cc1cccc(OC(F)(F)F)n1)NC(=O)OCc1ccccc1)C(=O)N[C@@H](C[C@@H]1CCNC1=O)C(=O)C(=O)NC(C)C. The molecule has 3 rings (SSSR count). The zero-order valence-corrected chi connectivity index (χ0v) is 28.7. The number of alkyl halides is 3. The number of pyridine rings is 1. The van der Waals surface area contributed by atoms with Gasteiger partial charge in [0.1, 0.15) is 18.7 Å². The largest absolute Gasteiger partial charge is 0.574 e. The monoisotopic (exact) mass is 720 g/mol. The van der Waals surface area contributed by atoms with E-state index >= 15 is 0 Å². The lowest BCUT2D eigenvalue weighted by molar-refractivity contribution is -0.276. The van der Waals surface area contributed by atoms with Crippen molar-refractivity contribution in [3.63, 3.8) is 0 Å². The van der Waals surface area contributed by atoms with Crippen LogP contribution in [-0.4, -0.2) is 77.6 Å². The molecule has 17 heteroatoms. The molecule has 4 atom stereocenters. The van der Waals surface area contributed by atoms with Crippen molar-refractivity contribution in [3.8, 4) is 5.88 Å². The Bertz CT molecular complexity index is 1540. The summed E-state index contributed by atoms with van der Waals surface area (Å²) in [5.41, 5.74) is 0.573. The molecule has 14 nitrogen and oxygen atoms in total. The van der Waals surface area contributed by atoms with Crippen molar-refractivity contribution in [1.82, 2.24) is 31.6 Å². The van der Waals surface area contributed by atoms with Gasteiger partial charge in [-0.05, 0) is 50.7 Å². The number of Topliss-reactive ketones (excluding diaryl/α,β-unsaturated/α-hetero) is 1. The van der Waals surface area contributed by atoms with Gasteiger partial charge in [0.2, 0.25) is 29.4 Å². The Balaban J connectivity index is 1.84. The third-order valence-electron chi connectivity index (χ3n) is 7.54. The topological polar surface area (TPSA) is 194 Å². The number of amides is 5. The van der Waals surface area contributed by atoms with E-state index in [-0.39, 0.29) is 43.0 Å². The third kappa shape index (κ3) is 13.9. The zero-order valence-electron chi connectivity index (χ0n) is 28.7. The zero-order chi connectivity index (χ0) is 37.7. The Kier molecular flexibility index (Phi) is 14.7. The van der Waals surface area contributed by atoms with Crippen molar-refractivity contribution >= 4 is 35.5 Å². The molecule has 2 aromatic rings. The predicted molar refractivity (Wildman–Crippen MR) is 176 cm³/mol. The van der Waals surface area contributed by atoms with Gasteiger partial charge in [-0.3, -0.25) is 24.0 Å². The van der Waals surface area contributed by atoms with Crippen molar-refractivity contribution < 1.29 is 51.4 Å². The van der Waals surface area contributed by atoms with Crippen molar-refractivity contribution in [2.45, 2.75) is 90.5 Å². The molecule has 1 fully saturated rings. The summed E-state index contributed by atoms with van der Waals surface area (Å²) < 4.78 is 47.7. The number of alkyl carbamates (subject to hydrolysis) is 1. The van der Waals surface area contributed by atoms with Crippen LogP contribution in [0.25, 0.3) is 0 Å². The number of benzene rings is 1. The maximum atomic E-state index is 13.8. The highest BCUT2D eigenvalue weighted by molar-refractivity contribution is 6.38. The van der Waals surface area contributed by atoms with Gasteiger partial charge in [0.15, 0.2) is 0 Å². The molecule has 0 unspecified atom stereocenters. The number of aromatic nitrogens is 1. The molecule has 0 bridgehead atoms. The van der Waals surface area contributed by atoms with E-state index in [2.05, 4.69) is 36.3 Å². The third-order valence-corrected chi connectivity index (χ3v) is 7.54. The molecule has 2 heterocycles. The van der Waals surface area contributed by atoms with Crippen molar-refractivity contribution in [1.29, 1.82) is 0 Å². The smallest absolute Gasteiger partial charge is 0.445 e. The van der Waals surface area contributed by atoms with E-state index in [1.807, 2.05) is 0 Å². The minimum atomic E-state index is -5.03. The van der Waals surface area contributed by atoms with E-state index in [9.17, 15) is 41.9 Å². The summed E-state index contributed by atoms with van der Waals surface area (Å²) in [6.07, 6.45) is -6.25. The summed E-state index contributed by atoms with van der Waals surface area (Å²) in [6, 6.07) is 7.51. The summed E-state index contributed by atoms with van der Waals surface area (Å²) in [4.78, 5) is 82.3. The van der Waals surface area contributed by atoms with E-state index in [1.54, 1.807) is 58.0 Å². The first-order chi connectivity index (χ1) is 24.0. The van der Waals surface area contributed by atoms with Gasteiger partial charge < -0.3 is 36.1 Å². The van der Waals surface area contributed by atoms with Crippen LogP contribution in [0.2, 0.25) is 0 Å². The van der Waals surface area contributed by atoms with Crippen LogP contribution in [-0.2, 0) is 41.7 Å². The first-order valence-electron chi connectivity index (χ1n) is 16.4. The number of nitrogens with zero attached hydrogens (tertiary/aromatic N) is 1. The average Bonchev–Trinajstić information content (AvgIpc) is 3.45. The Labute approximate surface area is 293 Å². The second-order valence-corrected chi connectivity index (χ2v) is 12.7. The van der Waals surface area contributed by atoms with Gasteiger partial charge in [0.25, 0.3) is 5.91 Å². The fourth-order valence-electron chi connectivity index (χ4n) is 5.20. The standard InChI is InChI=1S/C34H43F3N6O8/c1-19(2)15-25(30(46)41-24(16-22-13-14-38-29(22)45)28(44)32(48)39-20(3)4)42-31(47)26(43-33(49)50-18-21-9-6-5-7-10-21)17-23-11-8-12-27(40-23)51-34(35,36)37/h5-12,19-20,22,24-26H,13-18H2,1-4H3,(H,38,45)(H,39,48)(H,41,46)(H,42,47)(H,43,49)/t22-,24-,25-,26-/m0/s1. The van der Waals surface area contributed by atoms with Crippen molar-refractivity contribution in [2.24, 2.45) is 11.8 Å². The molecule has 278 valence electrons. The van der Waals surface area contributed by atoms with Gasteiger partial charge in [0, 0.05) is 36.7 Å². The number of hydrogen-bond acceptors (Lipinski definition) is 9. The molecule has 0 spiro atoms. The normalized spacial score (nSPS) is 16.0. The number of carbonyl (C=O) groups is 6. The molecule has 5 N–H and O–H groups in total. The molecule has 1 aliphatic heterocycles. The number of hydrogen-bond donors (Lipinski definition) is 5. The van der Waals surface area contributed by atoms with Crippen LogP contribution in [0.5, 0.6) is 5.88 Å². The molecular formula is C34H43F3N6O8. The van der Waals surface area contributed by atoms with Crippen molar-refractivity contribution in [2.75, 3.05) is 6.54 Å². The minimum Gasteiger partial charge on any atom is -0.445 e. The Morgan fingerprint density at radius 1 is 0.882 bits per heavy atom. The van der Waals surface area contributed by atoms with E-state index in [4.69, 9.17) is 4.74 Å². The lowest BCUT2D eigenvalue weighted by Gasteiger charge is -2.26. The van der Waals surface area contributed by atoms with Crippen LogP contribution in [0, 0.1) is 11.8 Å². The Hall–Kier alpha value is -5.22. The summed E-state index contributed by atoms with van der Waals surface area (Å²) in [5.74, 6) is -5.66. The van der Waals surface area contributed by atoms with Gasteiger partial charge in [-0.15, -0.1) is 13.2 Å². The number of ketones is 1. The lowest BCUT2D eigenvalue weighted by atomic mass is 9.94. The summed E-state index contributed by atoms with van der Waals surface area (Å²) in [5, 5.41) is 12.6. The molecule has 1 aromatic carbocycles. The summed E-state index contributed by atoms with van der Waals surface area (Å²) in [6.45, 7) is 7.03. The molecule has 1 aliphatic rings. The Morgan fingerprint density at radius 2 is 1.55 bits per heavy atom. The highest BCUT2D eigenvalue weighted by Gasteiger charge is 2.37. The summed E-state index contributed by atoms with van der Waals surface area (Å²) in [7, 11) is 0. The van der Waals surface area contributed by atoms with Gasteiger partial charge in [-0.25, -0.2) is 9.78 Å². The van der Waals surface area contributed by atoms with Crippen LogP contribution >= 0.6 is 0 Å². The van der Waals surface area contributed by atoms with E-state index < -0.39 is 72.3 Å².